The molecule has 0 aromatic heterocycles. The highest BCUT2D eigenvalue weighted by atomic mass is 35.5. The zero-order valence-electron chi connectivity index (χ0n) is 16.2. The molecule has 28 heavy (non-hydrogen) atoms. The minimum Gasteiger partial charge on any atom is -0.357 e. The van der Waals surface area contributed by atoms with Crippen LogP contribution in [0.25, 0.3) is 0 Å². The van der Waals surface area contributed by atoms with Crippen molar-refractivity contribution in [3.63, 3.8) is 0 Å². The van der Waals surface area contributed by atoms with E-state index in [1.54, 1.807) is 43.9 Å². The first-order valence-corrected chi connectivity index (χ1v) is 10.7. The van der Waals surface area contributed by atoms with Crippen LogP contribution >= 0.6 is 35.0 Å². The highest BCUT2D eigenvalue weighted by molar-refractivity contribution is 7.99. The monoisotopic (exact) mass is 438 g/mol. The Balaban J connectivity index is 2.10. The SMILES string of the molecule is CNC(=O)[C@@H](C)N(Cc1c(Cl)cccc1Cl)C(=O)CCSc1ccc(C)cc1. The van der Waals surface area contributed by atoms with Gasteiger partial charge in [-0.2, -0.15) is 0 Å². The second kappa shape index (κ2) is 10.7. The molecule has 0 aliphatic rings. The van der Waals surface area contributed by atoms with E-state index in [2.05, 4.69) is 5.32 Å². The quantitative estimate of drug-likeness (QED) is 0.593. The number of halogens is 2. The predicted molar refractivity (Wildman–Crippen MR) is 117 cm³/mol. The van der Waals surface area contributed by atoms with Crippen molar-refractivity contribution in [2.24, 2.45) is 0 Å². The molecule has 1 atom stereocenters. The van der Waals surface area contributed by atoms with Crippen molar-refractivity contribution in [2.45, 2.75) is 37.8 Å². The Morgan fingerprint density at radius 2 is 1.71 bits per heavy atom. The molecule has 7 heteroatoms. The fourth-order valence-corrected chi connectivity index (χ4v) is 4.04. The molecule has 0 unspecified atom stereocenters. The van der Waals surface area contributed by atoms with E-state index >= 15 is 0 Å². The van der Waals surface area contributed by atoms with Crippen LogP contribution in [0.4, 0.5) is 0 Å². The van der Waals surface area contributed by atoms with Crippen molar-refractivity contribution >= 4 is 46.8 Å². The lowest BCUT2D eigenvalue weighted by atomic mass is 10.1. The van der Waals surface area contributed by atoms with Crippen molar-refractivity contribution < 1.29 is 9.59 Å². The van der Waals surface area contributed by atoms with Gasteiger partial charge in [0.2, 0.25) is 11.8 Å². The van der Waals surface area contributed by atoms with E-state index in [0.717, 1.165) is 4.90 Å². The summed E-state index contributed by atoms with van der Waals surface area (Å²) in [7, 11) is 1.55. The Kier molecular flexibility index (Phi) is 8.67. The van der Waals surface area contributed by atoms with Gasteiger partial charge >= 0.3 is 0 Å². The molecule has 0 radical (unpaired) electrons. The molecule has 1 N–H and O–H groups in total. The minimum absolute atomic E-state index is 0.119. The van der Waals surface area contributed by atoms with Gasteiger partial charge in [-0.3, -0.25) is 9.59 Å². The Bertz CT molecular complexity index is 807. The van der Waals surface area contributed by atoms with Crippen molar-refractivity contribution in [2.75, 3.05) is 12.8 Å². The van der Waals surface area contributed by atoms with Crippen molar-refractivity contribution in [1.82, 2.24) is 10.2 Å². The molecule has 2 aromatic carbocycles. The van der Waals surface area contributed by atoms with Gasteiger partial charge < -0.3 is 10.2 Å². The van der Waals surface area contributed by atoms with Crippen molar-refractivity contribution in [1.29, 1.82) is 0 Å². The number of rotatable bonds is 8. The topological polar surface area (TPSA) is 49.4 Å². The highest BCUT2D eigenvalue weighted by Gasteiger charge is 2.26. The Morgan fingerprint density at radius 1 is 1.11 bits per heavy atom. The zero-order valence-corrected chi connectivity index (χ0v) is 18.5. The van der Waals surface area contributed by atoms with Crippen molar-refractivity contribution in [3.8, 4) is 0 Å². The van der Waals surface area contributed by atoms with Crippen LogP contribution < -0.4 is 5.32 Å². The molecule has 0 saturated heterocycles. The van der Waals surface area contributed by atoms with Gasteiger partial charge in [-0.25, -0.2) is 0 Å². The number of hydrogen-bond acceptors (Lipinski definition) is 3. The third-order valence-electron chi connectivity index (χ3n) is 4.41. The van der Waals surface area contributed by atoms with Gasteiger partial charge in [0.1, 0.15) is 6.04 Å². The highest BCUT2D eigenvalue weighted by Crippen LogP contribution is 2.27. The fourth-order valence-electron chi connectivity index (χ4n) is 2.68. The number of benzene rings is 2. The molecule has 0 aliphatic carbocycles. The van der Waals surface area contributed by atoms with E-state index in [-0.39, 0.29) is 18.4 Å². The average molecular weight is 439 g/mol. The lowest BCUT2D eigenvalue weighted by Gasteiger charge is -2.29. The number of nitrogens with one attached hydrogen (secondary N) is 1. The van der Waals surface area contributed by atoms with Gasteiger partial charge in [-0.05, 0) is 38.1 Å². The molecule has 0 heterocycles. The van der Waals surface area contributed by atoms with Gasteiger partial charge in [0, 0.05) is 46.3 Å². The van der Waals surface area contributed by atoms with Gasteiger partial charge in [0.05, 0.1) is 0 Å². The summed E-state index contributed by atoms with van der Waals surface area (Å²) in [5, 5.41) is 3.55. The first kappa shape index (κ1) is 22.6. The zero-order chi connectivity index (χ0) is 20.7. The minimum atomic E-state index is -0.630. The summed E-state index contributed by atoms with van der Waals surface area (Å²) in [4.78, 5) is 27.7. The first-order valence-electron chi connectivity index (χ1n) is 8.97. The number of amides is 2. The summed E-state index contributed by atoms with van der Waals surface area (Å²) in [5.41, 5.74) is 1.84. The van der Waals surface area contributed by atoms with Crippen LogP contribution in [-0.2, 0) is 16.1 Å². The van der Waals surface area contributed by atoms with Gasteiger partial charge in [0.15, 0.2) is 0 Å². The fraction of sp³-hybridized carbons (Fsp3) is 0.333. The van der Waals surface area contributed by atoms with Crippen LogP contribution in [0.2, 0.25) is 10.0 Å². The molecule has 2 amide bonds. The summed E-state index contributed by atoms with van der Waals surface area (Å²) in [5.74, 6) is 0.268. The number of carbonyl (C=O) groups is 2. The molecule has 4 nitrogen and oxygen atoms in total. The van der Waals surface area contributed by atoms with E-state index in [4.69, 9.17) is 23.2 Å². The smallest absolute Gasteiger partial charge is 0.242 e. The Hall–Kier alpha value is -1.69. The van der Waals surface area contributed by atoms with E-state index in [0.29, 0.717) is 27.8 Å². The Morgan fingerprint density at radius 3 is 2.29 bits per heavy atom. The second-order valence-electron chi connectivity index (χ2n) is 6.42. The maximum atomic E-state index is 12.9. The normalized spacial score (nSPS) is 11.8. The third kappa shape index (κ3) is 6.16. The summed E-state index contributed by atoms with van der Waals surface area (Å²) in [6.45, 7) is 3.92. The van der Waals surface area contributed by atoms with Crippen LogP contribution in [-0.4, -0.2) is 35.6 Å². The molecule has 0 fully saturated rings. The summed E-state index contributed by atoms with van der Waals surface area (Å²) in [6.07, 6.45) is 0.307. The molecule has 2 aromatic rings. The summed E-state index contributed by atoms with van der Waals surface area (Å²) < 4.78 is 0. The number of hydrogen-bond donors (Lipinski definition) is 1. The van der Waals surface area contributed by atoms with Crippen LogP contribution in [0.1, 0.15) is 24.5 Å². The lowest BCUT2D eigenvalue weighted by molar-refractivity contribution is -0.140. The molecule has 0 bridgehead atoms. The average Bonchev–Trinajstić information content (AvgIpc) is 2.68. The third-order valence-corrected chi connectivity index (χ3v) is 6.13. The molecular formula is C21H24Cl2N2O2S. The van der Waals surface area contributed by atoms with Crippen LogP contribution in [0.5, 0.6) is 0 Å². The maximum Gasteiger partial charge on any atom is 0.242 e. The number of aryl methyl sites for hydroxylation is 1. The molecule has 0 spiro atoms. The second-order valence-corrected chi connectivity index (χ2v) is 8.41. The van der Waals surface area contributed by atoms with Crippen molar-refractivity contribution in [3.05, 3.63) is 63.6 Å². The molecular weight excluding hydrogens is 415 g/mol. The molecule has 2 rings (SSSR count). The molecule has 150 valence electrons. The first-order chi connectivity index (χ1) is 13.3. The maximum absolute atomic E-state index is 12.9. The molecule has 0 aliphatic heterocycles. The number of likely N-dealkylation sites (N-methyl/N-ethyl adjacent to an activating group) is 1. The standard InChI is InChI=1S/C21H24Cl2N2O2S/c1-14-7-9-16(10-8-14)28-12-11-20(26)25(15(2)21(27)24-3)13-17-18(22)5-4-6-19(17)23/h4-10,15H,11-13H2,1-3H3,(H,24,27)/t15-/m1/s1. The Labute approximate surface area is 180 Å². The van der Waals surface area contributed by atoms with E-state index in [9.17, 15) is 9.59 Å². The number of thioether (sulfide) groups is 1. The van der Waals surface area contributed by atoms with Crippen LogP contribution in [0.3, 0.4) is 0 Å². The predicted octanol–water partition coefficient (Wildman–Crippen LogP) is 4.95. The number of carbonyl (C=O) groups excluding carboxylic acids is 2. The lowest BCUT2D eigenvalue weighted by Crippen LogP contribution is -2.46. The summed E-state index contributed by atoms with van der Waals surface area (Å²) in [6, 6.07) is 12.7. The van der Waals surface area contributed by atoms with E-state index in [1.165, 1.54) is 10.5 Å². The summed E-state index contributed by atoms with van der Waals surface area (Å²) >= 11 is 14.1. The number of nitrogens with zero attached hydrogens (tertiary/aromatic N) is 1. The van der Waals surface area contributed by atoms with Gasteiger partial charge in [-0.1, -0.05) is 47.0 Å². The van der Waals surface area contributed by atoms with Crippen LogP contribution in [0.15, 0.2) is 47.4 Å². The van der Waals surface area contributed by atoms with Gasteiger partial charge in [-0.15, -0.1) is 11.8 Å². The van der Waals surface area contributed by atoms with Gasteiger partial charge in [0.25, 0.3) is 0 Å². The van der Waals surface area contributed by atoms with E-state index in [1.807, 2.05) is 31.2 Å². The van der Waals surface area contributed by atoms with Crippen LogP contribution in [0, 0.1) is 6.92 Å². The molecule has 0 saturated carbocycles. The largest absolute Gasteiger partial charge is 0.357 e. The van der Waals surface area contributed by atoms with E-state index < -0.39 is 6.04 Å².